The second-order valence-corrected chi connectivity index (χ2v) is 3.94. The quantitative estimate of drug-likeness (QED) is 0.626. The minimum atomic E-state index is -1.27. The van der Waals surface area contributed by atoms with Gasteiger partial charge in [0.15, 0.2) is 17.3 Å². The van der Waals surface area contributed by atoms with E-state index in [1.165, 1.54) is 0 Å². The van der Waals surface area contributed by atoms with E-state index in [2.05, 4.69) is 15.9 Å². The molecule has 0 radical (unpaired) electrons. The molecule has 0 heterocycles. The first kappa shape index (κ1) is 12.7. The largest absolute Gasteiger partial charge is 0.504 e. The summed E-state index contributed by atoms with van der Waals surface area (Å²) in [5.41, 5.74) is 5.09. The predicted molar refractivity (Wildman–Crippen MR) is 56.9 cm³/mol. The molecular formula is C9H9BrFNO4. The van der Waals surface area contributed by atoms with E-state index in [-0.39, 0.29) is 16.6 Å². The van der Waals surface area contributed by atoms with Gasteiger partial charge in [-0.15, -0.1) is 0 Å². The van der Waals surface area contributed by atoms with Crippen molar-refractivity contribution in [2.75, 3.05) is 6.54 Å². The van der Waals surface area contributed by atoms with Crippen molar-refractivity contribution in [2.24, 2.45) is 5.73 Å². The highest BCUT2D eigenvalue weighted by Crippen LogP contribution is 2.39. The topological polar surface area (TPSA) is 104 Å². The van der Waals surface area contributed by atoms with Crippen molar-refractivity contribution in [1.82, 2.24) is 0 Å². The van der Waals surface area contributed by atoms with Gasteiger partial charge in [0.25, 0.3) is 0 Å². The number of aliphatic carboxylic acids is 1. The van der Waals surface area contributed by atoms with Gasteiger partial charge < -0.3 is 21.1 Å². The monoisotopic (exact) mass is 293 g/mol. The zero-order valence-corrected chi connectivity index (χ0v) is 9.53. The summed E-state index contributed by atoms with van der Waals surface area (Å²) >= 11 is 2.80. The highest BCUT2D eigenvalue weighted by atomic mass is 79.9. The molecule has 0 aromatic heterocycles. The second-order valence-electron chi connectivity index (χ2n) is 3.09. The van der Waals surface area contributed by atoms with Crippen molar-refractivity contribution >= 4 is 21.9 Å². The third-order valence-electron chi connectivity index (χ3n) is 2.11. The lowest BCUT2D eigenvalue weighted by atomic mass is 9.98. The van der Waals surface area contributed by atoms with Crippen molar-refractivity contribution in [3.63, 3.8) is 0 Å². The van der Waals surface area contributed by atoms with E-state index in [9.17, 15) is 19.4 Å². The third-order valence-corrected chi connectivity index (χ3v) is 2.68. The fraction of sp³-hybridized carbons (Fsp3) is 0.222. The van der Waals surface area contributed by atoms with E-state index < -0.39 is 29.2 Å². The lowest BCUT2D eigenvalue weighted by molar-refractivity contribution is -0.138. The molecule has 0 fully saturated rings. The maximum Gasteiger partial charge on any atom is 0.312 e. The first-order valence-electron chi connectivity index (χ1n) is 4.22. The molecule has 5 nitrogen and oxygen atoms in total. The van der Waals surface area contributed by atoms with Crippen LogP contribution in [0.25, 0.3) is 0 Å². The van der Waals surface area contributed by atoms with E-state index in [4.69, 9.17) is 10.8 Å². The van der Waals surface area contributed by atoms with Gasteiger partial charge in [0.05, 0.1) is 10.4 Å². The zero-order chi connectivity index (χ0) is 12.5. The lowest BCUT2D eigenvalue weighted by Crippen LogP contribution is -2.21. The molecule has 0 amide bonds. The minimum Gasteiger partial charge on any atom is -0.504 e. The predicted octanol–water partition coefficient (Wildman–Crippen LogP) is 1.13. The fourth-order valence-corrected chi connectivity index (χ4v) is 1.68. The van der Waals surface area contributed by atoms with Gasteiger partial charge in [-0.05, 0) is 22.0 Å². The molecule has 0 aliphatic carbocycles. The standard InChI is InChI=1S/C9H9BrFNO4/c10-5-1-3(4(2-12)9(15)16)7(13)8(14)6(5)11/h1,4,13-14H,2,12H2,(H,15,16). The van der Waals surface area contributed by atoms with E-state index >= 15 is 0 Å². The molecule has 0 spiro atoms. The number of benzene rings is 1. The van der Waals surface area contributed by atoms with Crippen LogP contribution >= 0.6 is 15.9 Å². The number of phenolic OH excluding ortho intramolecular Hbond substituents is 2. The van der Waals surface area contributed by atoms with Crippen molar-refractivity contribution < 1.29 is 24.5 Å². The van der Waals surface area contributed by atoms with Gasteiger partial charge in [-0.25, -0.2) is 4.39 Å². The summed E-state index contributed by atoms with van der Waals surface area (Å²) in [4.78, 5) is 10.8. The van der Waals surface area contributed by atoms with Gasteiger partial charge >= 0.3 is 5.97 Å². The lowest BCUT2D eigenvalue weighted by Gasteiger charge is -2.14. The minimum absolute atomic E-state index is 0.138. The Kier molecular flexibility index (Phi) is 3.71. The molecule has 1 atom stereocenters. The Balaban J connectivity index is 3.39. The third kappa shape index (κ3) is 2.10. The van der Waals surface area contributed by atoms with Crippen molar-refractivity contribution in [3.8, 4) is 11.5 Å². The Bertz CT molecular complexity index is 438. The molecule has 1 aromatic carbocycles. The second kappa shape index (κ2) is 4.67. The highest BCUT2D eigenvalue weighted by molar-refractivity contribution is 9.10. The number of carboxylic acids is 1. The number of nitrogens with two attached hydrogens (primary N) is 1. The SMILES string of the molecule is NCC(C(=O)O)c1cc(Br)c(F)c(O)c1O. The highest BCUT2D eigenvalue weighted by Gasteiger charge is 2.26. The normalized spacial score (nSPS) is 12.4. The Hall–Kier alpha value is -1.34. The Morgan fingerprint density at radius 1 is 1.50 bits per heavy atom. The average molecular weight is 294 g/mol. The van der Waals surface area contributed by atoms with E-state index in [1.807, 2.05) is 0 Å². The van der Waals surface area contributed by atoms with Crippen LogP contribution in [0.4, 0.5) is 4.39 Å². The number of carbonyl (C=O) groups is 1. The van der Waals surface area contributed by atoms with Gasteiger partial charge in [-0.1, -0.05) is 0 Å². The Morgan fingerprint density at radius 2 is 2.06 bits per heavy atom. The van der Waals surface area contributed by atoms with Crippen LogP contribution in [0.3, 0.4) is 0 Å². The van der Waals surface area contributed by atoms with E-state index in [0.29, 0.717) is 0 Å². The number of halogens is 2. The van der Waals surface area contributed by atoms with Crippen LogP contribution in [0.15, 0.2) is 10.5 Å². The maximum absolute atomic E-state index is 13.1. The van der Waals surface area contributed by atoms with Crippen LogP contribution in [-0.4, -0.2) is 27.8 Å². The van der Waals surface area contributed by atoms with Crippen molar-refractivity contribution in [1.29, 1.82) is 0 Å². The number of phenols is 2. The summed E-state index contributed by atoms with van der Waals surface area (Å²) in [6.45, 7) is -0.277. The van der Waals surface area contributed by atoms with Gasteiger partial charge in [0.2, 0.25) is 0 Å². The van der Waals surface area contributed by atoms with E-state index in [1.54, 1.807) is 0 Å². The Morgan fingerprint density at radius 3 is 2.50 bits per heavy atom. The van der Waals surface area contributed by atoms with Crippen LogP contribution in [0.5, 0.6) is 11.5 Å². The van der Waals surface area contributed by atoms with Gasteiger partial charge in [-0.2, -0.15) is 0 Å². The average Bonchev–Trinajstić information content (AvgIpc) is 2.23. The summed E-state index contributed by atoms with van der Waals surface area (Å²) in [6.07, 6.45) is 0. The van der Waals surface area contributed by atoms with Crippen LogP contribution < -0.4 is 5.73 Å². The zero-order valence-electron chi connectivity index (χ0n) is 7.94. The summed E-state index contributed by atoms with van der Waals surface area (Å²) in [6, 6.07) is 1.08. The molecule has 0 aliphatic heterocycles. The first-order chi connectivity index (χ1) is 7.40. The number of rotatable bonds is 3. The fourth-order valence-electron chi connectivity index (χ4n) is 1.25. The molecule has 1 rings (SSSR count). The van der Waals surface area contributed by atoms with Crippen LogP contribution in [0, 0.1) is 5.82 Å². The first-order valence-corrected chi connectivity index (χ1v) is 5.02. The number of carboxylic acid groups (broad SMARTS) is 1. The molecule has 0 aliphatic rings. The molecule has 0 saturated carbocycles. The van der Waals surface area contributed by atoms with Gasteiger partial charge in [0.1, 0.15) is 0 Å². The van der Waals surface area contributed by atoms with Crippen LogP contribution in [-0.2, 0) is 4.79 Å². The summed E-state index contributed by atoms with van der Waals surface area (Å²) in [5, 5.41) is 27.4. The molecule has 7 heteroatoms. The van der Waals surface area contributed by atoms with Crippen molar-refractivity contribution in [2.45, 2.75) is 5.92 Å². The number of aromatic hydroxyl groups is 2. The molecule has 0 bridgehead atoms. The number of hydrogen-bond acceptors (Lipinski definition) is 4. The molecule has 1 unspecified atom stereocenters. The van der Waals surface area contributed by atoms with E-state index in [0.717, 1.165) is 6.07 Å². The van der Waals surface area contributed by atoms with Gasteiger partial charge in [-0.3, -0.25) is 4.79 Å². The van der Waals surface area contributed by atoms with Gasteiger partial charge in [0, 0.05) is 12.1 Å². The molecule has 16 heavy (non-hydrogen) atoms. The van der Waals surface area contributed by atoms with Crippen LogP contribution in [0.1, 0.15) is 11.5 Å². The number of hydrogen-bond donors (Lipinski definition) is 4. The molecule has 88 valence electrons. The summed E-state index contributed by atoms with van der Waals surface area (Å²) in [5.74, 6) is -5.33. The summed E-state index contributed by atoms with van der Waals surface area (Å²) < 4.78 is 13.0. The molecule has 1 aromatic rings. The summed E-state index contributed by atoms with van der Waals surface area (Å²) in [7, 11) is 0. The van der Waals surface area contributed by atoms with Crippen molar-refractivity contribution in [3.05, 3.63) is 21.9 Å². The smallest absolute Gasteiger partial charge is 0.312 e. The maximum atomic E-state index is 13.1. The molecular weight excluding hydrogens is 285 g/mol. The van der Waals surface area contributed by atoms with Crippen LogP contribution in [0.2, 0.25) is 0 Å². The Labute approximate surface area is 98.4 Å². The molecule has 5 N–H and O–H groups in total. The molecule has 0 saturated heterocycles.